The van der Waals surface area contributed by atoms with Crippen molar-refractivity contribution in [3.63, 3.8) is 0 Å². The van der Waals surface area contributed by atoms with Crippen molar-refractivity contribution >= 4 is 52.2 Å². The van der Waals surface area contributed by atoms with Gasteiger partial charge >= 0.3 is 0 Å². The van der Waals surface area contributed by atoms with E-state index in [0.29, 0.717) is 10.7 Å². The summed E-state index contributed by atoms with van der Waals surface area (Å²) in [5.74, 6) is -1.09. The summed E-state index contributed by atoms with van der Waals surface area (Å²) in [5.41, 5.74) is 6.84. The number of amides is 3. The van der Waals surface area contributed by atoms with Crippen LogP contribution in [0.4, 0.5) is 11.4 Å². The number of aromatic nitrogens is 1. The van der Waals surface area contributed by atoms with E-state index in [1.54, 1.807) is 31.2 Å². The van der Waals surface area contributed by atoms with Gasteiger partial charge in [0.2, 0.25) is 5.91 Å². The third-order valence-corrected chi connectivity index (χ3v) is 7.72. The minimum atomic E-state index is -0.799. The SMILES string of the molecule is CC(C(=O)NC1CCCC1)N(C(=O)c1snc(C(=O)NC2CCCC2)c1N)c1ccc(Cl)cc1. The van der Waals surface area contributed by atoms with Crippen LogP contribution in [0.25, 0.3) is 0 Å². The van der Waals surface area contributed by atoms with Crippen molar-refractivity contribution in [2.45, 2.75) is 76.4 Å². The lowest BCUT2D eigenvalue weighted by Crippen LogP contribution is -2.50. The van der Waals surface area contributed by atoms with Crippen LogP contribution < -0.4 is 21.3 Å². The summed E-state index contributed by atoms with van der Waals surface area (Å²) >= 11 is 6.92. The van der Waals surface area contributed by atoms with Gasteiger partial charge in [0.05, 0.1) is 5.69 Å². The molecule has 0 bridgehead atoms. The largest absolute Gasteiger partial charge is 0.395 e. The lowest BCUT2D eigenvalue weighted by molar-refractivity contribution is -0.122. The number of benzene rings is 1. The van der Waals surface area contributed by atoms with Crippen LogP contribution in [0.1, 0.15) is 78.5 Å². The standard InChI is InChI=1S/C24H30ClN5O3S/c1-14(22(31)27-16-6-2-3-7-16)30(18-12-10-15(25)11-13-18)24(33)21-19(26)20(29-34-21)23(32)28-17-8-4-5-9-17/h10-14,16-17H,2-9,26H2,1H3,(H,27,31)(H,28,32). The van der Waals surface area contributed by atoms with Gasteiger partial charge in [-0.25, -0.2) is 0 Å². The van der Waals surface area contributed by atoms with Gasteiger partial charge in [-0.05, 0) is 68.4 Å². The van der Waals surface area contributed by atoms with E-state index in [1.807, 2.05) is 0 Å². The average molecular weight is 504 g/mol. The molecule has 1 aromatic heterocycles. The van der Waals surface area contributed by atoms with Gasteiger partial charge in [-0.3, -0.25) is 19.3 Å². The van der Waals surface area contributed by atoms with Crippen LogP contribution in [-0.4, -0.2) is 40.2 Å². The number of hydrogen-bond donors (Lipinski definition) is 3. The number of nitrogens with one attached hydrogen (secondary N) is 2. The van der Waals surface area contributed by atoms with Crippen molar-refractivity contribution in [1.29, 1.82) is 0 Å². The van der Waals surface area contributed by atoms with Crippen LogP contribution >= 0.6 is 23.1 Å². The average Bonchev–Trinajstić information content (AvgIpc) is 3.58. The highest BCUT2D eigenvalue weighted by Crippen LogP contribution is 2.29. The van der Waals surface area contributed by atoms with Gasteiger partial charge in [0.15, 0.2) is 5.69 Å². The van der Waals surface area contributed by atoms with Crippen molar-refractivity contribution in [3.8, 4) is 0 Å². The molecule has 2 aliphatic rings. The highest BCUT2D eigenvalue weighted by molar-refractivity contribution is 7.09. The summed E-state index contributed by atoms with van der Waals surface area (Å²) in [6.07, 6.45) is 8.07. The summed E-state index contributed by atoms with van der Waals surface area (Å²) in [5, 5.41) is 6.53. The van der Waals surface area contributed by atoms with Crippen LogP contribution in [0.15, 0.2) is 24.3 Å². The van der Waals surface area contributed by atoms with Crippen molar-refractivity contribution < 1.29 is 14.4 Å². The Morgan fingerprint density at radius 1 is 1.03 bits per heavy atom. The van der Waals surface area contributed by atoms with Gasteiger partial charge in [-0.2, -0.15) is 4.37 Å². The fraction of sp³-hybridized carbons (Fsp3) is 0.500. The van der Waals surface area contributed by atoms with Gasteiger partial charge in [-0.1, -0.05) is 37.3 Å². The number of nitrogens with two attached hydrogens (primary N) is 1. The maximum atomic E-state index is 13.7. The van der Waals surface area contributed by atoms with E-state index >= 15 is 0 Å². The topological polar surface area (TPSA) is 117 Å². The summed E-state index contributed by atoms with van der Waals surface area (Å²) in [6, 6.07) is 6.13. The van der Waals surface area contributed by atoms with Crippen molar-refractivity contribution in [2.24, 2.45) is 0 Å². The fourth-order valence-electron chi connectivity index (χ4n) is 4.68. The first-order valence-electron chi connectivity index (χ1n) is 11.8. The Hall–Kier alpha value is -2.65. The second kappa shape index (κ2) is 10.7. The molecule has 1 aromatic carbocycles. The molecule has 0 aliphatic heterocycles. The number of nitrogens with zero attached hydrogens (tertiary/aromatic N) is 2. The van der Waals surface area contributed by atoms with Crippen LogP contribution in [0.3, 0.4) is 0 Å². The molecule has 1 unspecified atom stereocenters. The van der Waals surface area contributed by atoms with Gasteiger partial charge in [0.25, 0.3) is 11.8 Å². The molecule has 2 aliphatic carbocycles. The molecule has 2 saturated carbocycles. The predicted molar refractivity (Wildman–Crippen MR) is 134 cm³/mol. The fourth-order valence-corrected chi connectivity index (χ4v) is 5.54. The maximum Gasteiger partial charge on any atom is 0.273 e. The lowest BCUT2D eigenvalue weighted by atomic mass is 10.1. The van der Waals surface area contributed by atoms with E-state index in [1.165, 1.54) is 4.90 Å². The zero-order valence-corrected chi connectivity index (χ0v) is 20.8. The molecule has 3 amide bonds. The normalized spacial score (nSPS) is 17.5. The molecule has 0 radical (unpaired) electrons. The monoisotopic (exact) mass is 503 g/mol. The molecule has 1 heterocycles. The number of carbonyl (C=O) groups is 3. The first-order chi connectivity index (χ1) is 16.3. The minimum Gasteiger partial charge on any atom is -0.395 e. The smallest absolute Gasteiger partial charge is 0.273 e. The molecule has 0 spiro atoms. The van der Waals surface area contributed by atoms with Gasteiger partial charge in [-0.15, -0.1) is 0 Å². The molecule has 182 valence electrons. The molecule has 10 heteroatoms. The Morgan fingerprint density at radius 2 is 1.59 bits per heavy atom. The highest BCUT2D eigenvalue weighted by atomic mass is 35.5. The van der Waals surface area contributed by atoms with E-state index in [2.05, 4.69) is 15.0 Å². The Labute approximate surface area is 208 Å². The summed E-state index contributed by atoms with van der Waals surface area (Å²) in [7, 11) is 0. The quantitative estimate of drug-likeness (QED) is 0.524. The molecule has 0 saturated heterocycles. The van der Waals surface area contributed by atoms with Crippen LogP contribution in [0.2, 0.25) is 5.02 Å². The molecule has 1 atom stereocenters. The van der Waals surface area contributed by atoms with Gasteiger partial charge in [0, 0.05) is 22.8 Å². The van der Waals surface area contributed by atoms with E-state index in [0.717, 1.165) is 62.9 Å². The number of anilines is 2. The molecule has 4 N–H and O–H groups in total. The first kappa shape index (κ1) is 24.5. The Balaban J connectivity index is 1.58. The predicted octanol–water partition coefficient (Wildman–Crippen LogP) is 4.15. The zero-order valence-electron chi connectivity index (χ0n) is 19.2. The van der Waals surface area contributed by atoms with Gasteiger partial charge < -0.3 is 16.4 Å². The van der Waals surface area contributed by atoms with Crippen LogP contribution in [-0.2, 0) is 4.79 Å². The van der Waals surface area contributed by atoms with E-state index in [4.69, 9.17) is 17.3 Å². The van der Waals surface area contributed by atoms with E-state index in [9.17, 15) is 14.4 Å². The summed E-state index contributed by atoms with van der Waals surface area (Å²) in [4.78, 5) is 41.0. The zero-order chi connectivity index (χ0) is 24.2. The maximum absolute atomic E-state index is 13.7. The number of halogens is 1. The number of nitrogen functional groups attached to an aromatic ring is 1. The number of hydrogen-bond acceptors (Lipinski definition) is 6. The second-order valence-electron chi connectivity index (χ2n) is 9.05. The molecule has 2 fully saturated rings. The van der Waals surface area contributed by atoms with Crippen molar-refractivity contribution in [1.82, 2.24) is 15.0 Å². The summed E-state index contributed by atoms with van der Waals surface area (Å²) < 4.78 is 4.19. The second-order valence-corrected chi connectivity index (χ2v) is 10.3. The Bertz CT molecular complexity index is 1050. The Morgan fingerprint density at radius 3 is 2.18 bits per heavy atom. The molecule has 34 heavy (non-hydrogen) atoms. The molecule has 8 nitrogen and oxygen atoms in total. The van der Waals surface area contributed by atoms with Crippen molar-refractivity contribution in [3.05, 3.63) is 39.9 Å². The van der Waals surface area contributed by atoms with E-state index in [-0.39, 0.29) is 40.2 Å². The highest BCUT2D eigenvalue weighted by Gasteiger charge is 2.34. The Kier molecular flexibility index (Phi) is 7.73. The van der Waals surface area contributed by atoms with Crippen molar-refractivity contribution in [2.75, 3.05) is 10.6 Å². The van der Waals surface area contributed by atoms with Crippen LogP contribution in [0, 0.1) is 0 Å². The summed E-state index contributed by atoms with van der Waals surface area (Å²) in [6.45, 7) is 1.68. The molecular weight excluding hydrogens is 474 g/mol. The first-order valence-corrected chi connectivity index (χ1v) is 13.0. The molecule has 4 rings (SSSR count). The molecule has 2 aromatic rings. The third kappa shape index (κ3) is 5.36. The van der Waals surface area contributed by atoms with Gasteiger partial charge in [0.1, 0.15) is 10.9 Å². The van der Waals surface area contributed by atoms with E-state index < -0.39 is 11.9 Å². The van der Waals surface area contributed by atoms with Crippen LogP contribution in [0.5, 0.6) is 0 Å². The number of carbonyl (C=O) groups excluding carboxylic acids is 3. The lowest BCUT2D eigenvalue weighted by Gasteiger charge is -2.29. The molecular formula is C24H30ClN5O3S. The third-order valence-electron chi connectivity index (χ3n) is 6.62. The minimum absolute atomic E-state index is 0.0351. The number of rotatable bonds is 7.